The summed E-state index contributed by atoms with van der Waals surface area (Å²) in [5, 5.41) is 9.37. The van der Waals surface area contributed by atoms with Crippen LogP contribution in [0.4, 0.5) is 0 Å². The quantitative estimate of drug-likeness (QED) is 0.832. The summed E-state index contributed by atoms with van der Waals surface area (Å²) in [5.74, 6) is 1.72. The molecule has 0 saturated carbocycles. The number of aliphatic hydroxyl groups excluding tert-OH is 1. The van der Waals surface area contributed by atoms with Crippen LogP contribution in [-0.4, -0.2) is 31.5 Å². The number of benzene rings is 2. The van der Waals surface area contributed by atoms with Gasteiger partial charge in [0.1, 0.15) is 18.1 Å². The molecule has 122 valence electrons. The highest BCUT2D eigenvalue weighted by Crippen LogP contribution is 2.37. The van der Waals surface area contributed by atoms with Gasteiger partial charge >= 0.3 is 0 Å². The summed E-state index contributed by atoms with van der Waals surface area (Å²) >= 11 is 0. The molecule has 1 aliphatic heterocycles. The molecule has 0 bridgehead atoms. The van der Waals surface area contributed by atoms with Gasteiger partial charge in [0.15, 0.2) is 0 Å². The second kappa shape index (κ2) is 7.49. The van der Waals surface area contributed by atoms with E-state index in [1.807, 2.05) is 31.2 Å². The third-order valence-electron chi connectivity index (χ3n) is 3.92. The number of hydrogen-bond donors (Lipinski definition) is 1. The predicted octanol–water partition coefficient (Wildman–Crippen LogP) is 3.20. The van der Waals surface area contributed by atoms with Gasteiger partial charge in [0, 0.05) is 18.6 Å². The molecule has 23 heavy (non-hydrogen) atoms. The number of aliphatic hydroxyl groups is 1. The van der Waals surface area contributed by atoms with Crippen LogP contribution in [0.2, 0.25) is 0 Å². The van der Waals surface area contributed by atoms with Crippen molar-refractivity contribution in [1.29, 1.82) is 0 Å². The Morgan fingerprint density at radius 3 is 2.83 bits per heavy atom. The van der Waals surface area contributed by atoms with E-state index in [1.54, 1.807) is 0 Å². The summed E-state index contributed by atoms with van der Waals surface area (Å²) in [6.45, 7) is 4.49. The van der Waals surface area contributed by atoms with Crippen molar-refractivity contribution in [2.45, 2.75) is 20.0 Å². The fraction of sp³-hybridized carbons (Fsp3) is 0.368. The molecule has 0 saturated heterocycles. The summed E-state index contributed by atoms with van der Waals surface area (Å²) in [6.07, 6.45) is 0.834. The Balaban J connectivity index is 1.86. The third kappa shape index (κ3) is 3.66. The van der Waals surface area contributed by atoms with E-state index in [1.165, 1.54) is 5.56 Å². The van der Waals surface area contributed by atoms with Gasteiger partial charge in [-0.15, -0.1) is 0 Å². The van der Waals surface area contributed by atoms with Crippen LogP contribution in [0.1, 0.15) is 18.1 Å². The first-order chi connectivity index (χ1) is 11.3. The molecule has 2 aromatic rings. The van der Waals surface area contributed by atoms with E-state index in [4.69, 9.17) is 14.2 Å². The molecule has 3 rings (SSSR count). The lowest BCUT2D eigenvalue weighted by Crippen LogP contribution is -2.06. The molecule has 0 fully saturated rings. The molecule has 4 nitrogen and oxygen atoms in total. The minimum atomic E-state index is 0.0290. The minimum Gasteiger partial charge on any atom is -0.493 e. The molecule has 0 radical (unpaired) electrons. The van der Waals surface area contributed by atoms with E-state index in [0.29, 0.717) is 26.4 Å². The number of fused-ring (bicyclic) bond motifs is 3. The highest BCUT2D eigenvalue weighted by Gasteiger charge is 2.16. The van der Waals surface area contributed by atoms with E-state index in [0.717, 1.165) is 34.6 Å². The van der Waals surface area contributed by atoms with Crippen LogP contribution in [0, 0.1) is 0 Å². The second-order valence-corrected chi connectivity index (χ2v) is 5.45. The smallest absolute Gasteiger partial charge is 0.127 e. The van der Waals surface area contributed by atoms with Gasteiger partial charge in [0.2, 0.25) is 0 Å². The van der Waals surface area contributed by atoms with Gasteiger partial charge in [0.05, 0.1) is 19.8 Å². The summed E-state index contributed by atoms with van der Waals surface area (Å²) in [5.41, 5.74) is 4.26. The molecule has 1 aliphatic rings. The van der Waals surface area contributed by atoms with E-state index in [2.05, 4.69) is 12.1 Å². The molecular formula is C19H22O4. The first-order valence-electron chi connectivity index (χ1n) is 8.02. The maximum atomic E-state index is 9.37. The van der Waals surface area contributed by atoms with E-state index >= 15 is 0 Å². The average Bonchev–Trinajstić information content (AvgIpc) is 2.77. The Bertz CT molecular complexity index is 666. The molecule has 4 heteroatoms. The molecule has 0 atom stereocenters. The second-order valence-electron chi connectivity index (χ2n) is 5.45. The van der Waals surface area contributed by atoms with Crippen molar-refractivity contribution < 1.29 is 19.3 Å². The molecule has 2 aromatic carbocycles. The van der Waals surface area contributed by atoms with Crippen molar-refractivity contribution >= 4 is 0 Å². The third-order valence-corrected chi connectivity index (χ3v) is 3.92. The lowest BCUT2D eigenvalue weighted by atomic mass is 9.96. The predicted molar refractivity (Wildman–Crippen MR) is 89.0 cm³/mol. The Labute approximate surface area is 136 Å². The lowest BCUT2D eigenvalue weighted by molar-refractivity contribution is 0.110. The zero-order chi connectivity index (χ0) is 16.1. The van der Waals surface area contributed by atoms with Gasteiger partial charge in [-0.05, 0) is 47.9 Å². The van der Waals surface area contributed by atoms with Crippen LogP contribution in [0.5, 0.6) is 11.5 Å². The number of ether oxygens (including phenoxy) is 3. The number of hydrogen-bond acceptors (Lipinski definition) is 4. The molecule has 0 aliphatic carbocycles. The van der Waals surface area contributed by atoms with Crippen LogP contribution in [0.3, 0.4) is 0 Å². The zero-order valence-electron chi connectivity index (χ0n) is 13.4. The standard InChI is InChI=1S/C19H22O4/c1-2-21-9-10-22-16-4-5-17-15(12-16)7-8-23-19-6-3-14(13-20)11-18(17)19/h3-6,11-12,20H,2,7-10,13H2,1H3. The highest BCUT2D eigenvalue weighted by molar-refractivity contribution is 5.75. The van der Waals surface area contributed by atoms with Crippen LogP contribution in [0.15, 0.2) is 36.4 Å². The molecule has 1 heterocycles. The van der Waals surface area contributed by atoms with Gasteiger partial charge in [0.25, 0.3) is 0 Å². The van der Waals surface area contributed by atoms with Gasteiger partial charge in [-0.25, -0.2) is 0 Å². The van der Waals surface area contributed by atoms with Crippen LogP contribution >= 0.6 is 0 Å². The van der Waals surface area contributed by atoms with Crippen molar-refractivity contribution in [2.24, 2.45) is 0 Å². The van der Waals surface area contributed by atoms with Crippen molar-refractivity contribution in [2.75, 3.05) is 26.4 Å². The van der Waals surface area contributed by atoms with Crippen LogP contribution in [-0.2, 0) is 17.8 Å². The summed E-state index contributed by atoms with van der Waals surface area (Å²) in [7, 11) is 0. The first kappa shape index (κ1) is 15.8. The van der Waals surface area contributed by atoms with Crippen LogP contribution in [0.25, 0.3) is 11.1 Å². The van der Waals surface area contributed by atoms with Crippen molar-refractivity contribution in [3.8, 4) is 22.6 Å². The summed E-state index contributed by atoms with van der Waals surface area (Å²) in [4.78, 5) is 0. The van der Waals surface area contributed by atoms with E-state index in [-0.39, 0.29) is 6.61 Å². The van der Waals surface area contributed by atoms with Gasteiger partial charge in [-0.1, -0.05) is 12.1 Å². The highest BCUT2D eigenvalue weighted by atomic mass is 16.5. The summed E-state index contributed by atoms with van der Waals surface area (Å²) in [6, 6.07) is 11.9. The average molecular weight is 314 g/mol. The largest absolute Gasteiger partial charge is 0.493 e. The maximum absolute atomic E-state index is 9.37. The fourth-order valence-electron chi connectivity index (χ4n) is 2.78. The van der Waals surface area contributed by atoms with Gasteiger partial charge in [-0.3, -0.25) is 0 Å². The van der Waals surface area contributed by atoms with E-state index < -0.39 is 0 Å². The van der Waals surface area contributed by atoms with E-state index in [9.17, 15) is 5.11 Å². The van der Waals surface area contributed by atoms with Crippen molar-refractivity contribution in [3.05, 3.63) is 47.5 Å². The number of rotatable bonds is 6. The van der Waals surface area contributed by atoms with Gasteiger partial charge < -0.3 is 19.3 Å². The molecule has 1 N–H and O–H groups in total. The summed E-state index contributed by atoms with van der Waals surface area (Å²) < 4.78 is 16.9. The topological polar surface area (TPSA) is 47.9 Å². The normalized spacial score (nSPS) is 12.8. The lowest BCUT2D eigenvalue weighted by Gasteiger charge is -2.12. The van der Waals surface area contributed by atoms with Crippen molar-refractivity contribution in [3.63, 3.8) is 0 Å². The SMILES string of the molecule is CCOCCOc1ccc2c(c1)CCOc1ccc(CO)cc1-2. The van der Waals surface area contributed by atoms with Crippen LogP contribution < -0.4 is 9.47 Å². The maximum Gasteiger partial charge on any atom is 0.127 e. The molecule has 0 unspecified atom stereocenters. The molecule has 0 spiro atoms. The zero-order valence-corrected chi connectivity index (χ0v) is 13.4. The molecular weight excluding hydrogens is 292 g/mol. The minimum absolute atomic E-state index is 0.0290. The Morgan fingerprint density at radius 1 is 1.09 bits per heavy atom. The Kier molecular flexibility index (Phi) is 5.16. The van der Waals surface area contributed by atoms with Crippen molar-refractivity contribution in [1.82, 2.24) is 0 Å². The van der Waals surface area contributed by atoms with Gasteiger partial charge in [-0.2, -0.15) is 0 Å². The molecule has 0 aromatic heterocycles. The fourth-order valence-corrected chi connectivity index (χ4v) is 2.78. The Morgan fingerprint density at radius 2 is 2.00 bits per heavy atom. The Hall–Kier alpha value is -2.04. The monoisotopic (exact) mass is 314 g/mol. The molecule has 0 amide bonds. The first-order valence-corrected chi connectivity index (χ1v) is 8.02.